The zero-order chi connectivity index (χ0) is 19.3. The van der Waals surface area contributed by atoms with Crippen LogP contribution in [0.25, 0.3) is 0 Å². The number of piperazine rings is 1. The minimum absolute atomic E-state index is 0.0330. The topological polar surface area (TPSA) is 84.7 Å². The smallest absolute Gasteiger partial charge is 0.249 e. The number of nitriles is 1. The molecule has 2 rings (SSSR count). The fourth-order valence-electron chi connectivity index (χ4n) is 2.64. The van der Waals surface area contributed by atoms with Crippen molar-refractivity contribution in [3.63, 3.8) is 0 Å². The number of likely N-dealkylation sites (N-methyl/N-ethyl adjacent to an activating group) is 1. The molecule has 0 aliphatic carbocycles. The summed E-state index contributed by atoms with van der Waals surface area (Å²) in [5.41, 5.74) is 0. The maximum absolute atomic E-state index is 13.8. The summed E-state index contributed by atoms with van der Waals surface area (Å²) in [5.74, 6) is -2.42. The highest BCUT2D eigenvalue weighted by Crippen LogP contribution is 2.23. The SMILES string of the molecule is CN(CCC#N)C(=O)CN1CCN(S(=O)(=O)c2c(F)cccc2F)CC1. The first-order valence-electron chi connectivity index (χ1n) is 8.05. The van der Waals surface area contributed by atoms with Crippen LogP contribution in [0.4, 0.5) is 8.78 Å². The van der Waals surface area contributed by atoms with E-state index in [1.807, 2.05) is 6.07 Å². The number of benzene rings is 1. The van der Waals surface area contributed by atoms with E-state index >= 15 is 0 Å². The molecule has 1 aromatic carbocycles. The Bertz CT molecular complexity index is 782. The molecule has 1 saturated heterocycles. The largest absolute Gasteiger partial charge is 0.344 e. The second-order valence-electron chi connectivity index (χ2n) is 5.95. The summed E-state index contributed by atoms with van der Waals surface area (Å²) in [6, 6.07) is 4.88. The van der Waals surface area contributed by atoms with Crippen molar-refractivity contribution >= 4 is 15.9 Å². The fraction of sp³-hybridized carbons (Fsp3) is 0.500. The van der Waals surface area contributed by atoms with Gasteiger partial charge >= 0.3 is 0 Å². The van der Waals surface area contributed by atoms with Crippen molar-refractivity contribution in [3.05, 3.63) is 29.8 Å². The van der Waals surface area contributed by atoms with Gasteiger partial charge in [-0.05, 0) is 12.1 Å². The molecule has 142 valence electrons. The first-order valence-corrected chi connectivity index (χ1v) is 9.49. The van der Waals surface area contributed by atoms with Crippen molar-refractivity contribution in [1.29, 1.82) is 5.26 Å². The predicted octanol–water partition coefficient (Wildman–Crippen LogP) is 0.643. The number of carbonyl (C=O) groups is 1. The van der Waals surface area contributed by atoms with Gasteiger partial charge in [0.2, 0.25) is 15.9 Å². The highest BCUT2D eigenvalue weighted by atomic mass is 32.2. The van der Waals surface area contributed by atoms with Crippen LogP contribution < -0.4 is 0 Å². The molecule has 1 aliphatic heterocycles. The summed E-state index contributed by atoms with van der Waals surface area (Å²) >= 11 is 0. The van der Waals surface area contributed by atoms with Gasteiger partial charge in [0.15, 0.2) is 4.90 Å². The Morgan fingerprint density at radius 1 is 1.23 bits per heavy atom. The minimum Gasteiger partial charge on any atom is -0.344 e. The fourth-order valence-corrected chi connectivity index (χ4v) is 4.17. The Kier molecular flexibility index (Phi) is 6.63. The number of amides is 1. The summed E-state index contributed by atoms with van der Waals surface area (Å²) in [4.78, 5) is 14.3. The van der Waals surface area contributed by atoms with Gasteiger partial charge in [-0.3, -0.25) is 9.69 Å². The van der Waals surface area contributed by atoms with E-state index in [2.05, 4.69) is 0 Å². The van der Waals surface area contributed by atoms with Gasteiger partial charge < -0.3 is 4.90 Å². The number of hydrogen-bond acceptors (Lipinski definition) is 5. The van der Waals surface area contributed by atoms with Crippen LogP contribution in [0.3, 0.4) is 0 Å². The van der Waals surface area contributed by atoms with E-state index in [9.17, 15) is 22.0 Å². The molecule has 1 heterocycles. The third kappa shape index (κ3) is 4.55. The number of carbonyl (C=O) groups excluding carboxylic acids is 1. The molecule has 0 aromatic heterocycles. The Hall–Kier alpha value is -2.09. The van der Waals surface area contributed by atoms with Crippen LogP contribution in [-0.2, 0) is 14.8 Å². The zero-order valence-corrected chi connectivity index (χ0v) is 15.2. The van der Waals surface area contributed by atoms with E-state index < -0.39 is 26.6 Å². The van der Waals surface area contributed by atoms with Gasteiger partial charge in [0.25, 0.3) is 0 Å². The maximum Gasteiger partial charge on any atom is 0.249 e. The van der Waals surface area contributed by atoms with Crippen LogP contribution in [0.5, 0.6) is 0 Å². The van der Waals surface area contributed by atoms with Crippen LogP contribution in [0.2, 0.25) is 0 Å². The molecule has 1 amide bonds. The van der Waals surface area contributed by atoms with Gasteiger partial charge in [-0.1, -0.05) is 6.07 Å². The first kappa shape index (κ1) is 20.2. The average Bonchev–Trinajstić information content (AvgIpc) is 2.59. The third-order valence-corrected chi connectivity index (χ3v) is 6.14. The van der Waals surface area contributed by atoms with Gasteiger partial charge in [0.05, 0.1) is 19.0 Å². The molecular formula is C16H20F2N4O3S. The number of hydrogen-bond donors (Lipinski definition) is 0. The molecular weight excluding hydrogens is 366 g/mol. The molecule has 1 aliphatic rings. The van der Waals surface area contributed by atoms with Crippen LogP contribution in [-0.4, -0.2) is 74.7 Å². The number of sulfonamides is 1. The molecule has 10 heteroatoms. The molecule has 26 heavy (non-hydrogen) atoms. The van der Waals surface area contributed by atoms with E-state index in [1.165, 1.54) is 4.90 Å². The van der Waals surface area contributed by atoms with Crippen molar-refractivity contribution < 1.29 is 22.0 Å². The number of nitrogens with zero attached hydrogens (tertiary/aromatic N) is 4. The van der Waals surface area contributed by atoms with Gasteiger partial charge in [0, 0.05) is 39.8 Å². The lowest BCUT2D eigenvalue weighted by Crippen LogP contribution is -2.51. The zero-order valence-electron chi connectivity index (χ0n) is 14.4. The number of halogens is 2. The molecule has 1 aromatic rings. The molecule has 0 bridgehead atoms. The third-order valence-electron chi connectivity index (χ3n) is 4.19. The maximum atomic E-state index is 13.8. The van der Waals surface area contributed by atoms with Crippen LogP contribution in [0.15, 0.2) is 23.1 Å². The van der Waals surface area contributed by atoms with Gasteiger partial charge in [-0.25, -0.2) is 17.2 Å². The Balaban J connectivity index is 1.98. The second-order valence-corrected chi connectivity index (χ2v) is 7.83. The lowest BCUT2D eigenvalue weighted by Gasteiger charge is -2.34. The van der Waals surface area contributed by atoms with Gasteiger partial charge in [-0.2, -0.15) is 9.57 Å². The van der Waals surface area contributed by atoms with E-state index in [-0.39, 0.29) is 45.1 Å². The standard InChI is InChI=1S/C16H20F2N4O3S/c1-20(7-3-6-19)15(23)12-21-8-10-22(11-9-21)26(24,25)16-13(17)4-2-5-14(16)18/h2,4-5H,3,7-12H2,1H3. The van der Waals surface area contributed by atoms with E-state index in [0.717, 1.165) is 22.5 Å². The molecule has 1 fully saturated rings. The average molecular weight is 386 g/mol. The molecule has 7 nitrogen and oxygen atoms in total. The predicted molar refractivity (Wildman–Crippen MR) is 89.4 cm³/mol. The first-order chi connectivity index (χ1) is 12.3. The number of rotatable bonds is 6. The van der Waals surface area contributed by atoms with Crippen molar-refractivity contribution in [2.24, 2.45) is 0 Å². The van der Waals surface area contributed by atoms with Crippen LogP contribution in [0, 0.1) is 23.0 Å². The Labute approximate surface area is 151 Å². The Morgan fingerprint density at radius 2 is 1.81 bits per heavy atom. The highest BCUT2D eigenvalue weighted by molar-refractivity contribution is 7.89. The summed E-state index contributed by atoms with van der Waals surface area (Å²) in [6.45, 7) is 1.04. The quantitative estimate of drug-likeness (QED) is 0.717. The van der Waals surface area contributed by atoms with E-state index in [4.69, 9.17) is 5.26 Å². The van der Waals surface area contributed by atoms with E-state index in [0.29, 0.717) is 6.54 Å². The van der Waals surface area contributed by atoms with Crippen molar-refractivity contribution in [1.82, 2.24) is 14.1 Å². The molecule has 0 N–H and O–H groups in total. The summed E-state index contributed by atoms with van der Waals surface area (Å²) < 4.78 is 53.7. The summed E-state index contributed by atoms with van der Waals surface area (Å²) in [5, 5.41) is 8.54. The molecule has 0 spiro atoms. The van der Waals surface area contributed by atoms with Crippen LogP contribution >= 0.6 is 0 Å². The normalized spacial score (nSPS) is 16.2. The monoisotopic (exact) mass is 386 g/mol. The lowest BCUT2D eigenvalue weighted by atomic mass is 10.3. The minimum atomic E-state index is -4.28. The summed E-state index contributed by atoms with van der Waals surface area (Å²) in [6.07, 6.45) is 0.239. The molecule has 0 atom stereocenters. The van der Waals surface area contributed by atoms with Crippen molar-refractivity contribution in [3.8, 4) is 6.07 Å². The second kappa shape index (κ2) is 8.53. The summed E-state index contributed by atoms with van der Waals surface area (Å²) in [7, 11) is -2.68. The lowest BCUT2D eigenvalue weighted by molar-refractivity contribution is -0.131. The van der Waals surface area contributed by atoms with Gasteiger partial charge in [0.1, 0.15) is 11.6 Å². The van der Waals surface area contributed by atoms with Gasteiger partial charge in [-0.15, -0.1) is 0 Å². The molecule has 0 saturated carbocycles. The highest BCUT2D eigenvalue weighted by Gasteiger charge is 2.33. The molecule has 0 radical (unpaired) electrons. The van der Waals surface area contributed by atoms with Crippen LogP contribution in [0.1, 0.15) is 6.42 Å². The Morgan fingerprint density at radius 3 is 2.35 bits per heavy atom. The van der Waals surface area contributed by atoms with Crippen molar-refractivity contribution in [2.75, 3.05) is 46.3 Å². The van der Waals surface area contributed by atoms with E-state index in [1.54, 1.807) is 11.9 Å². The molecule has 0 unspecified atom stereocenters. The van der Waals surface area contributed by atoms with Crippen molar-refractivity contribution in [2.45, 2.75) is 11.3 Å².